The average Bonchev–Trinajstić information content (AvgIpc) is 3.08. The molecule has 4 rings (SSSR count). The van der Waals surface area contributed by atoms with Crippen LogP contribution in [0.3, 0.4) is 0 Å². The standard InChI is InChI=1S/C36H43NO8/c1-41-35(39)27-13-10-15-29(24-27)37-34(38)31-25-28(36(40)42-2)19-20-33(31)45-23-11-14-26-12-6-7-18-32(26)44-22-9-8-21-43-30-16-4-3-5-17-30/h3-7,12,16-20,25,27,29H,8-11,13-15,21-24H2,1-2H3,(H,37,38). The van der Waals surface area contributed by atoms with Gasteiger partial charge >= 0.3 is 11.9 Å². The number of nitrogens with one attached hydrogen (secondary N) is 1. The van der Waals surface area contributed by atoms with Gasteiger partial charge in [0.1, 0.15) is 17.2 Å². The van der Waals surface area contributed by atoms with Crippen LogP contribution in [0.25, 0.3) is 0 Å². The van der Waals surface area contributed by atoms with Gasteiger partial charge in [0.25, 0.3) is 5.91 Å². The highest BCUT2D eigenvalue weighted by atomic mass is 16.5. The predicted molar refractivity (Wildman–Crippen MR) is 170 cm³/mol. The molecule has 9 nitrogen and oxygen atoms in total. The van der Waals surface area contributed by atoms with Crippen LogP contribution in [0.1, 0.15) is 71.2 Å². The zero-order valence-electron chi connectivity index (χ0n) is 26.1. The third-order valence-electron chi connectivity index (χ3n) is 7.82. The van der Waals surface area contributed by atoms with Crippen LogP contribution in [0.2, 0.25) is 0 Å². The van der Waals surface area contributed by atoms with Crippen molar-refractivity contribution in [1.82, 2.24) is 5.32 Å². The number of amides is 1. The van der Waals surface area contributed by atoms with Gasteiger partial charge in [0.2, 0.25) is 0 Å². The Morgan fingerprint density at radius 3 is 2.24 bits per heavy atom. The SMILES string of the molecule is COC(=O)c1ccc(OCCCc2ccccc2OCCCCOc2ccccc2)c(C(=O)NC2CCCC(C(=O)OC)C2)c1. The molecule has 1 saturated carbocycles. The maximum Gasteiger partial charge on any atom is 0.337 e. The summed E-state index contributed by atoms with van der Waals surface area (Å²) < 4.78 is 27.7. The summed E-state index contributed by atoms with van der Waals surface area (Å²) in [5, 5.41) is 3.03. The first-order chi connectivity index (χ1) is 22.0. The number of benzene rings is 3. The molecular formula is C36H43NO8. The van der Waals surface area contributed by atoms with Crippen molar-refractivity contribution >= 4 is 17.8 Å². The molecule has 9 heteroatoms. The molecule has 1 amide bonds. The maximum atomic E-state index is 13.4. The number of unbranched alkanes of at least 4 members (excludes halogenated alkanes) is 1. The molecule has 3 aromatic carbocycles. The van der Waals surface area contributed by atoms with Crippen molar-refractivity contribution in [3.8, 4) is 17.2 Å². The molecule has 0 aromatic heterocycles. The minimum atomic E-state index is -0.542. The monoisotopic (exact) mass is 617 g/mol. The Morgan fingerprint density at radius 2 is 1.47 bits per heavy atom. The smallest absolute Gasteiger partial charge is 0.337 e. The third-order valence-corrected chi connectivity index (χ3v) is 7.82. The van der Waals surface area contributed by atoms with E-state index in [4.69, 9.17) is 23.7 Å². The fourth-order valence-electron chi connectivity index (χ4n) is 5.43. The molecule has 0 heterocycles. The second-order valence-electron chi connectivity index (χ2n) is 11.0. The number of ether oxygens (including phenoxy) is 5. The summed E-state index contributed by atoms with van der Waals surface area (Å²) in [5.74, 6) is 0.692. The predicted octanol–water partition coefficient (Wildman–Crippen LogP) is 6.18. The van der Waals surface area contributed by atoms with Crippen LogP contribution in [0.5, 0.6) is 17.2 Å². The summed E-state index contributed by atoms with van der Waals surface area (Å²) in [6, 6.07) is 22.3. The van der Waals surface area contributed by atoms with Crippen LogP contribution in [0.4, 0.5) is 0 Å². The number of methoxy groups -OCH3 is 2. The van der Waals surface area contributed by atoms with E-state index < -0.39 is 5.97 Å². The van der Waals surface area contributed by atoms with E-state index >= 15 is 0 Å². The number of aryl methyl sites for hydroxylation is 1. The lowest BCUT2D eigenvalue weighted by molar-refractivity contribution is -0.146. The molecule has 3 aromatic rings. The lowest BCUT2D eigenvalue weighted by Gasteiger charge is -2.28. The highest BCUT2D eigenvalue weighted by Gasteiger charge is 2.29. The molecule has 2 unspecified atom stereocenters. The van der Waals surface area contributed by atoms with Gasteiger partial charge in [-0.15, -0.1) is 0 Å². The van der Waals surface area contributed by atoms with Crippen LogP contribution in [0, 0.1) is 5.92 Å². The van der Waals surface area contributed by atoms with E-state index in [1.54, 1.807) is 12.1 Å². The highest BCUT2D eigenvalue weighted by Crippen LogP contribution is 2.27. The molecule has 0 spiro atoms. The van der Waals surface area contributed by atoms with Crippen molar-refractivity contribution in [2.24, 2.45) is 5.92 Å². The van der Waals surface area contributed by atoms with Crippen LogP contribution < -0.4 is 19.5 Å². The quantitative estimate of drug-likeness (QED) is 0.150. The Labute approximate surface area is 265 Å². The van der Waals surface area contributed by atoms with Crippen LogP contribution in [-0.4, -0.2) is 57.9 Å². The molecule has 1 aliphatic rings. The molecule has 2 atom stereocenters. The van der Waals surface area contributed by atoms with Gasteiger partial charge in [-0.25, -0.2) is 4.79 Å². The van der Waals surface area contributed by atoms with Crippen LogP contribution >= 0.6 is 0 Å². The fraction of sp³-hybridized carbons (Fsp3) is 0.417. The number of esters is 2. The third kappa shape index (κ3) is 10.3. The number of hydrogen-bond donors (Lipinski definition) is 1. The molecule has 1 aliphatic carbocycles. The van der Waals surface area contributed by atoms with E-state index in [2.05, 4.69) is 5.32 Å². The number of rotatable bonds is 16. The molecule has 1 N–H and O–H groups in total. The molecule has 1 fully saturated rings. The van der Waals surface area contributed by atoms with Gasteiger partial charge in [-0.1, -0.05) is 42.8 Å². The molecule has 0 saturated heterocycles. The van der Waals surface area contributed by atoms with E-state index in [9.17, 15) is 14.4 Å². The molecule has 45 heavy (non-hydrogen) atoms. The van der Waals surface area contributed by atoms with Crippen molar-refractivity contribution in [2.45, 2.75) is 57.4 Å². The Morgan fingerprint density at radius 1 is 0.756 bits per heavy atom. The molecule has 0 aliphatic heterocycles. The minimum absolute atomic E-state index is 0.183. The first kappa shape index (κ1) is 33.4. The minimum Gasteiger partial charge on any atom is -0.494 e. The van der Waals surface area contributed by atoms with Crippen molar-refractivity contribution < 1.29 is 38.1 Å². The van der Waals surface area contributed by atoms with Gasteiger partial charge in [-0.2, -0.15) is 0 Å². The summed E-state index contributed by atoms with van der Waals surface area (Å²) >= 11 is 0. The van der Waals surface area contributed by atoms with E-state index in [1.165, 1.54) is 20.3 Å². The Hall–Kier alpha value is -4.53. The van der Waals surface area contributed by atoms with Crippen molar-refractivity contribution in [2.75, 3.05) is 34.0 Å². The zero-order valence-corrected chi connectivity index (χ0v) is 26.1. The molecule has 0 bridgehead atoms. The normalized spacial score (nSPS) is 15.9. The van der Waals surface area contributed by atoms with E-state index in [0.29, 0.717) is 38.4 Å². The largest absolute Gasteiger partial charge is 0.494 e. The van der Waals surface area contributed by atoms with Gasteiger partial charge in [0.05, 0.1) is 51.1 Å². The summed E-state index contributed by atoms with van der Waals surface area (Å²) in [5.41, 5.74) is 1.58. The van der Waals surface area contributed by atoms with Gasteiger partial charge in [-0.3, -0.25) is 9.59 Å². The van der Waals surface area contributed by atoms with Crippen molar-refractivity contribution in [3.05, 3.63) is 89.5 Å². The topological polar surface area (TPSA) is 109 Å². The Bertz CT molecular complexity index is 1390. The Balaban J connectivity index is 1.29. The fourth-order valence-corrected chi connectivity index (χ4v) is 5.43. The number of carbonyl (C=O) groups excluding carboxylic acids is 3. The lowest BCUT2D eigenvalue weighted by Crippen LogP contribution is -2.40. The summed E-state index contributed by atoms with van der Waals surface area (Å²) in [6.45, 7) is 1.59. The van der Waals surface area contributed by atoms with Gasteiger partial charge in [0, 0.05) is 6.04 Å². The highest BCUT2D eigenvalue weighted by molar-refractivity contribution is 6.00. The number of carbonyl (C=O) groups is 3. The number of hydrogen-bond acceptors (Lipinski definition) is 8. The van der Waals surface area contributed by atoms with E-state index in [-0.39, 0.29) is 35.0 Å². The van der Waals surface area contributed by atoms with Crippen molar-refractivity contribution in [3.63, 3.8) is 0 Å². The number of para-hydroxylation sites is 2. The van der Waals surface area contributed by atoms with Gasteiger partial charge in [-0.05, 0) is 86.9 Å². The van der Waals surface area contributed by atoms with Gasteiger partial charge in [0.15, 0.2) is 0 Å². The lowest BCUT2D eigenvalue weighted by atomic mass is 9.85. The van der Waals surface area contributed by atoms with Crippen LogP contribution in [0.15, 0.2) is 72.8 Å². The first-order valence-corrected chi connectivity index (χ1v) is 15.6. The second-order valence-corrected chi connectivity index (χ2v) is 11.0. The average molecular weight is 618 g/mol. The summed E-state index contributed by atoms with van der Waals surface area (Å²) in [7, 11) is 2.67. The summed E-state index contributed by atoms with van der Waals surface area (Å²) in [4.78, 5) is 37.7. The van der Waals surface area contributed by atoms with E-state index in [0.717, 1.165) is 55.6 Å². The molecular weight excluding hydrogens is 574 g/mol. The molecule has 240 valence electrons. The zero-order chi connectivity index (χ0) is 31.9. The summed E-state index contributed by atoms with van der Waals surface area (Å²) in [6.07, 6.45) is 6.00. The van der Waals surface area contributed by atoms with E-state index in [1.807, 2.05) is 54.6 Å². The van der Waals surface area contributed by atoms with Crippen LogP contribution in [-0.2, 0) is 20.7 Å². The Kier molecular flexibility index (Phi) is 13.1. The first-order valence-electron chi connectivity index (χ1n) is 15.6. The van der Waals surface area contributed by atoms with Gasteiger partial charge < -0.3 is 29.0 Å². The molecule has 0 radical (unpaired) electrons. The van der Waals surface area contributed by atoms with Crippen molar-refractivity contribution in [1.29, 1.82) is 0 Å². The second kappa shape index (κ2) is 17.7. The maximum absolute atomic E-state index is 13.4.